The first-order valence-corrected chi connectivity index (χ1v) is 9.27. The van der Waals surface area contributed by atoms with Crippen molar-refractivity contribution in [2.45, 2.75) is 32.4 Å². The monoisotopic (exact) mass is 380 g/mol. The molecule has 2 N–H and O–H groups in total. The van der Waals surface area contributed by atoms with Crippen LogP contribution in [0.2, 0.25) is 0 Å². The van der Waals surface area contributed by atoms with E-state index in [2.05, 4.69) is 15.6 Å². The molecule has 1 aromatic carbocycles. The number of imidazole rings is 1. The van der Waals surface area contributed by atoms with Crippen LogP contribution in [0, 0.1) is 6.92 Å². The summed E-state index contributed by atoms with van der Waals surface area (Å²) < 4.78 is 7.16. The number of furan rings is 1. The maximum Gasteiger partial charge on any atom is 0.287 e. The summed E-state index contributed by atoms with van der Waals surface area (Å²) in [5.74, 6) is 0.502. The number of amides is 2. The molecule has 1 unspecified atom stereocenters. The minimum atomic E-state index is -0.685. The number of carbonyl (C=O) groups is 2. The first kappa shape index (κ1) is 19.4. The Balaban J connectivity index is 1.57. The van der Waals surface area contributed by atoms with Gasteiger partial charge in [-0.25, -0.2) is 4.98 Å². The predicted octanol–water partition coefficient (Wildman–Crippen LogP) is 2.33. The first-order valence-electron chi connectivity index (χ1n) is 9.27. The van der Waals surface area contributed by atoms with Gasteiger partial charge in [-0.1, -0.05) is 30.3 Å². The zero-order valence-electron chi connectivity index (χ0n) is 15.8. The van der Waals surface area contributed by atoms with E-state index in [9.17, 15) is 9.59 Å². The molecule has 0 fully saturated rings. The smallest absolute Gasteiger partial charge is 0.287 e. The molecule has 0 saturated carbocycles. The van der Waals surface area contributed by atoms with E-state index in [1.165, 1.54) is 6.26 Å². The molecule has 3 rings (SSSR count). The number of carbonyl (C=O) groups excluding carboxylic acids is 2. The van der Waals surface area contributed by atoms with Crippen molar-refractivity contribution in [3.63, 3.8) is 0 Å². The summed E-state index contributed by atoms with van der Waals surface area (Å²) in [6.45, 7) is 3.23. The molecule has 28 heavy (non-hydrogen) atoms. The highest BCUT2D eigenvalue weighted by molar-refractivity contribution is 5.95. The molecule has 2 aromatic heterocycles. The predicted molar refractivity (Wildman–Crippen MR) is 105 cm³/mol. The minimum absolute atomic E-state index is 0.182. The molecular weight excluding hydrogens is 356 g/mol. The Hall–Kier alpha value is -3.35. The molecule has 7 heteroatoms. The maximum absolute atomic E-state index is 12.7. The average molecular weight is 380 g/mol. The van der Waals surface area contributed by atoms with Crippen LogP contribution in [0.1, 0.15) is 28.4 Å². The SMILES string of the molecule is Cc1nccn1CCCNC(=O)C(Cc1ccccc1)NC(=O)c1ccco1. The molecule has 3 aromatic rings. The van der Waals surface area contributed by atoms with Crippen LogP contribution in [0.25, 0.3) is 0 Å². The van der Waals surface area contributed by atoms with Crippen molar-refractivity contribution in [3.05, 3.63) is 78.3 Å². The second-order valence-electron chi connectivity index (χ2n) is 6.51. The number of hydrogen-bond donors (Lipinski definition) is 2. The zero-order chi connectivity index (χ0) is 19.8. The van der Waals surface area contributed by atoms with E-state index in [0.29, 0.717) is 13.0 Å². The molecule has 2 amide bonds. The van der Waals surface area contributed by atoms with E-state index in [1.807, 2.05) is 48.0 Å². The fraction of sp³-hybridized carbons (Fsp3) is 0.286. The van der Waals surface area contributed by atoms with E-state index >= 15 is 0 Å². The third-order valence-corrected chi connectivity index (χ3v) is 4.45. The van der Waals surface area contributed by atoms with Crippen LogP contribution >= 0.6 is 0 Å². The number of hydrogen-bond acceptors (Lipinski definition) is 4. The fourth-order valence-electron chi connectivity index (χ4n) is 2.92. The van der Waals surface area contributed by atoms with Crippen LogP contribution < -0.4 is 10.6 Å². The van der Waals surface area contributed by atoms with Gasteiger partial charge in [0.2, 0.25) is 5.91 Å². The number of rotatable bonds is 9. The topological polar surface area (TPSA) is 89.2 Å². The highest BCUT2D eigenvalue weighted by Gasteiger charge is 2.22. The van der Waals surface area contributed by atoms with Crippen LogP contribution in [-0.4, -0.2) is 34.0 Å². The van der Waals surface area contributed by atoms with E-state index in [1.54, 1.807) is 18.3 Å². The van der Waals surface area contributed by atoms with Crippen molar-refractivity contribution in [1.82, 2.24) is 20.2 Å². The van der Waals surface area contributed by atoms with Crippen LogP contribution in [-0.2, 0) is 17.8 Å². The van der Waals surface area contributed by atoms with Crippen molar-refractivity contribution in [1.29, 1.82) is 0 Å². The summed E-state index contributed by atoms with van der Waals surface area (Å²) in [6.07, 6.45) is 6.28. The molecule has 7 nitrogen and oxygen atoms in total. The van der Waals surface area contributed by atoms with Crippen molar-refractivity contribution in [3.8, 4) is 0 Å². The van der Waals surface area contributed by atoms with Gasteiger partial charge in [-0.3, -0.25) is 9.59 Å². The summed E-state index contributed by atoms with van der Waals surface area (Å²) >= 11 is 0. The van der Waals surface area contributed by atoms with Crippen molar-refractivity contribution in [2.24, 2.45) is 0 Å². The highest BCUT2D eigenvalue weighted by Crippen LogP contribution is 2.06. The van der Waals surface area contributed by atoms with Gasteiger partial charge >= 0.3 is 0 Å². The van der Waals surface area contributed by atoms with Crippen molar-refractivity contribution in [2.75, 3.05) is 6.54 Å². The Morgan fingerprint density at radius 2 is 2.00 bits per heavy atom. The van der Waals surface area contributed by atoms with Crippen molar-refractivity contribution < 1.29 is 14.0 Å². The van der Waals surface area contributed by atoms with Gasteiger partial charge in [-0.15, -0.1) is 0 Å². The summed E-state index contributed by atoms with van der Waals surface area (Å²) in [5, 5.41) is 5.69. The van der Waals surface area contributed by atoms with Crippen LogP contribution in [0.3, 0.4) is 0 Å². The largest absolute Gasteiger partial charge is 0.459 e. The standard InChI is InChI=1S/C21H24N4O3/c1-16-22-11-13-25(16)12-6-10-23-20(26)18(15-17-7-3-2-4-8-17)24-21(27)19-9-5-14-28-19/h2-5,7-9,11,13-14,18H,6,10,12,15H2,1H3,(H,23,26)(H,24,27). The Kier molecular flexibility index (Phi) is 6.62. The Morgan fingerprint density at radius 3 is 2.68 bits per heavy atom. The molecule has 0 bridgehead atoms. The molecular formula is C21H24N4O3. The van der Waals surface area contributed by atoms with Crippen LogP contribution in [0.15, 0.2) is 65.5 Å². The second-order valence-corrected chi connectivity index (χ2v) is 6.51. The molecule has 0 aliphatic carbocycles. The quantitative estimate of drug-likeness (QED) is 0.558. The van der Waals surface area contributed by atoms with Gasteiger partial charge in [0.25, 0.3) is 5.91 Å². The lowest BCUT2D eigenvalue weighted by atomic mass is 10.0. The van der Waals surface area contributed by atoms with E-state index in [4.69, 9.17) is 4.42 Å². The molecule has 0 saturated heterocycles. The van der Waals surface area contributed by atoms with E-state index in [0.717, 1.165) is 24.4 Å². The van der Waals surface area contributed by atoms with Gasteiger partial charge in [0.1, 0.15) is 11.9 Å². The van der Waals surface area contributed by atoms with Gasteiger partial charge in [-0.05, 0) is 31.0 Å². The molecule has 2 heterocycles. The molecule has 0 radical (unpaired) electrons. The van der Waals surface area contributed by atoms with E-state index < -0.39 is 11.9 Å². The number of nitrogens with one attached hydrogen (secondary N) is 2. The molecule has 0 aliphatic rings. The maximum atomic E-state index is 12.7. The van der Waals surface area contributed by atoms with Gasteiger partial charge in [0.05, 0.1) is 6.26 Å². The second kappa shape index (κ2) is 9.55. The van der Waals surface area contributed by atoms with Crippen molar-refractivity contribution >= 4 is 11.8 Å². The molecule has 146 valence electrons. The number of benzene rings is 1. The molecule has 0 aliphatic heterocycles. The Morgan fingerprint density at radius 1 is 1.18 bits per heavy atom. The van der Waals surface area contributed by atoms with Crippen LogP contribution in [0.4, 0.5) is 0 Å². The van der Waals surface area contributed by atoms with E-state index in [-0.39, 0.29) is 11.7 Å². The summed E-state index contributed by atoms with van der Waals surface area (Å²) in [6, 6.07) is 12.1. The molecule has 0 spiro atoms. The third kappa shape index (κ3) is 5.33. The van der Waals surface area contributed by atoms with Gasteiger partial charge in [0, 0.05) is 31.9 Å². The van der Waals surface area contributed by atoms with Gasteiger partial charge in [-0.2, -0.15) is 0 Å². The highest BCUT2D eigenvalue weighted by atomic mass is 16.3. The fourth-order valence-corrected chi connectivity index (χ4v) is 2.92. The number of nitrogens with zero attached hydrogens (tertiary/aromatic N) is 2. The lowest BCUT2D eigenvalue weighted by Gasteiger charge is -2.18. The van der Waals surface area contributed by atoms with Crippen LogP contribution in [0.5, 0.6) is 0 Å². The Bertz CT molecular complexity index is 888. The van der Waals surface area contributed by atoms with Gasteiger partial charge < -0.3 is 19.6 Å². The lowest BCUT2D eigenvalue weighted by Crippen LogP contribution is -2.48. The lowest BCUT2D eigenvalue weighted by molar-refractivity contribution is -0.122. The summed E-state index contributed by atoms with van der Waals surface area (Å²) in [7, 11) is 0. The Labute approximate surface area is 163 Å². The zero-order valence-corrected chi connectivity index (χ0v) is 15.8. The normalized spacial score (nSPS) is 11.8. The average Bonchev–Trinajstić information content (AvgIpc) is 3.37. The number of aryl methyl sites for hydroxylation is 2. The first-order chi connectivity index (χ1) is 13.6. The summed E-state index contributed by atoms with van der Waals surface area (Å²) in [4.78, 5) is 29.2. The molecule has 1 atom stereocenters. The summed E-state index contributed by atoms with van der Waals surface area (Å²) in [5.41, 5.74) is 0.969. The minimum Gasteiger partial charge on any atom is -0.459 e. The number of aromatic nitrogens is 2. The van der Waals surface area contributed by atoms with Gasteiger partial charge in [0.15, 0.2) is 5.76 Å². The third-order valence-electron chi connectivity index (χ3n) is 4.45.